The largest absolute Gasteiger partial charge is 0.0813 e. The van der Waals surface area contributed by atoms with E-state index in [1.165, 1.54) is 37.7 Å². The molecule has 0 aromatic carbocycles. The summed E-state index contributed by atoms with van der Waals surface area (Å²) < 4.78 is 0. The van der Waals surface area contributed by atoms with Crippen LogP contribution in [0.5, 0.6) is 0 Å². The maximum atomic E-state index is 2.46. The Hall–Kier alpha value is -0.780. The van der Waals surface area contributed by atoms with Crippen molar-refractivity contribution < 1.29 is 0 Å². The lowest BCUT2D eigenvalue weighted by atomic mass is 9.79. The van der Waals surface area contributed by atoms with E-state index in [0.29, 0.717) is 0 Å². The lowest BCUT2D eigenvalue weighted by Crippen LogP contribution is -2.10. The van der Waals surface area contributed by atoms with Crippen molar-refractivity contribution in [2.75, 3.05) is 0 Å². The summed E-state index contributed by atoms with van der Waals surface area (Å²) in [5, 5.41) is 0. The van der Waals surface area contributed by atoms with Crippen LogP contribution in [-0.4, -0.2) is 0 Å². The lowest BCUT2D eigenvalue weighted by Gasteiger charge is -2.26. The minimum absolute atomic E-state index is 0.774. The quantitative estimate of drug-likeness (QED) is 0.509. The predicted molar refractivity (Wildman–Crippen MR) is 73.5 cm³/mol. The smallest absolute Gasteiger partial charge is 0.0188 e. The Bertz CT molecular complexity index is 302. The molecular weight excluding hydrogens is 192 g/mol. The fourth-order valence-electron chi connectivity index (χ4n) is 2.54. The third-order valence-corrected chi connectivity index (χ3v) is 3.39. The van der Waals surface area contributed by atoms with E-state index in [9.17, 15) is 0 Å². The van der Waals surface area contributed by atoms with Crippen LogP contribution in [0.3, 0.4) is 0 Å². The first-order valence-electron chi connectivity index (χ1n) is 6.85. The first-order valence-corrected chi connectivity index (χ1v) is 6.85. The van der Waals surface area contributed by atoms with Crippen LogP contribution in [0, 0.1) is 5.92 Å². The molecule has 0 N–H and O–H groups in total. The minimum atomic E-state index is 0.774. The van der Waals surface area contributed by atoms with Crippen molar-refractivity contribution in [1.29, 1.82) is 0 Å². The van der Waals surface area contributed by atoms with Gasteiger partial charge in [0.15, 0.2) is 0 Å². The van der Waals surface area contributed by atoms with Crippen LogP contribution < -0.4 is 0 Å². The molecule has 0 aromatic rings. The van der Waals surface area contributed by atoms with Crippen LogP contribution in [0.1, 0.15) is 59.8 Å². The predicted octanol–water partition coefficient (Wildman–Crippen LogP) is 5.43. The highest BCUT2D eigenvalue weighted by Crippen LogP contribution is 2.35. The molecule has 0 nitrogen and oxygen atoms in total. The molecule has 16 heavy (non-hydrogen) atoms. The molecule has 0 saturated heterocycles. The third-order valence-electron chi connectivity index (χ3n) is 3.39. The van der Waals surface area contributed by atoms with E-state index in [0.717, 1.165) is 5.92 Å². The zero-order valence-corrected chi connectivity index (χ0v) is 11.3. The van der Waals surface area contributed by atoms with E-state index in [2.05, 4.69) is 32.1 Å². The minimum Gasteiger partial charge on any atom is -0.0813 e. The molecule has 0 amide bonds. The Morgan fingerprint density at radius 3 is 2.56 bits per heavy atom. The van der Waals surface area contributed by atoms with Crippen molar-refractivity contribution >= 4 is 0 Å². The average molecular weight is 218 g/mol. The van der Waals surface area contributed by atoms with E-state index in [1.807, 2.05) is 13.8 Å². The molecule has 1 atom stereocenters. The number of hydrogen-bond acceptors (Lipinski definition) is 0. The highest BCUT2D eigenvalue weighted by Gasteiger charge is 2.18. The molecule has 0 heterocycles. The summed E-state index contributed by atoms with van der Waals surface area (Å²) in [5.41, 5.74) is 4.71. The highest BCUT2D eigenvalue weighted by molar-refractivity contribution is 5.40. The summed E-state index contributed by atoms with van der Waals surface area (Å²) in [4.78, 5) is 0. The van der Waals surface area contributed by atoms with E-state index in [1.54, 1.807) is 11.1 Å². The molecule has 2 aliphatic carbocycles. The van der Waals surface area contributed by atoms with Crippen molar-refractivity contribution in [2.45, 2.75) is 59.8 Å². The summed E-state index contributed by atoms with van der Waals surface area (Å²) in [5.74, 6) is 0.774. The lowest BCUT2D eigenvalue weighted by molar-refractivity contribution is 0.537. The summed E-state index contributed by atoms with van der Waals surface area (Å²) >= 11 is 0. The average Bonchev–Trinajstić information content (AvgIpc) is 2.28. The molecule has 1 fully saturated rings. The van der Waals surface area contributed by atoms with Gasteiger partial charge in [0.2, 0.25) is 0 Å². The molecule has 0 aromatic heterocycles. The Balaban J connectivity index is 0.000000606. The van der Waals surface area contributed by atoms with Gasteiger partial charge in [-0.15, -0.1) is 0 Å². The van der Waals surface area contributed by atoms with Crippen molar-refractivity contribution in [2.24, 2.45) is 5.92 Å². The standard InChI is InChI=1S/C14H20.C2H6/c1-11-6-3-4-8-13-9-5-7-12(2)14(13)10-11;1-2/h6,8,10,12H,3-5,7,9H2,1-2H3;1-2H3/b11-6?,13-8-,14-10?;. The molecule has 2 rings (SSSR count). The normalized spacial score (nSPS) is 28.0. The fourth-order valence-corrected chi connectivity index (χ4v) is 2.54. The number of allylic oxidation sites excluding steroid dienone is 6. The second-order valence-corrected chi connectivity index (χ2v) is 4.65. The summed E-state index contributed by atoms with van der Waals surface area (Å²) in [7, 11) is 0. The van der Waals surface area contributed by atoms with Crippen LogP contribution in [0.2, 0.25) is 0 Å². The van der Waals surface area contributed by atoms with Gasteiger partial charge in [0.1, 0.15) is 0 Å². The van der Waals surface area contributed by atoms with Crippen molar-refractivity contribution in [3.8, 4) is 0 Å². The van der Waals surface area contributed by atoms with Crippen LogP contribution in [0.15, 0.2) is 34.9 Å². The molecule has 0 radical (unpaired) electrons. The molecule has 0 heteroatoms. The first kappa shape index (κ1) is 13.3. The van der Waals surface area contributed by atoms with E-state index < -0.39 is 0 Å². The molecule has 90 valence electrons. The van der Waals surface area contributed by atoms with Crippen molar-refractivity contribution in [3.63, 3.8) is 0 Å². The molecule has 2 aliphatic rings. The third kappa shape index (κ3) is 3.37. The SMILES string of the molecule is CC.CC1=CCC/C=C2/CCCC(C)C2=C1. The molecular formula is C16H26. The second kappa shape index (κ2) is 6.73. The summed E-state index contributed by atoms with van der Waals surface area (Å²) in [6.45, 7) is 8.60. The second-order valence-electron chi connectivity index (χ2n) is 4.65. The molecule has 0 spiro atoms. The summed E-state index contributed by atoms with van der Waals surface area (Å²) in [6, 6.07) is 0. The Labute approximate surface area is 101 Å². The van der Waals surface area contributed by atoms with Crippen LogP contribution >= 0.6 is 0 Å². The van der Waals surface area contributed by atoms with Crippen LogP contribution in [0.25, 0.3) is 0 Å². The number of hydrogen-bond donors (Lipinski definition) is 0. The zero-order valence-electron chi connectivity index (χ0n) is 11.3. The van der Waals surface area contributed by atoms with Gasteiger partial charge in [-0.25, -0.2) is 0 Å². The van der Waals surface area contributed by atoms with Gasteiger partial charge in [0, 0.05) is 0 Å². The zero-order chi connectivity index (χ0) is 12.0. The number of fused-ring (bicyclic) bond motifs is 1. The van der Waals surface area contributed by atoms with Gasteiger partial charge >= 0.3 is 0 Å². The molecule has 0 bridgehead atoms. The fraction of sp³-hybridized carbons (Fsp3) is 0.625. The number of rotatable bonds is 0. The molecule has 0 aliphatic heterocycles. The van der Waals surface area contributed by atoms with Gasteiger partial charge < -0.3 is 0 Å². The van der Waals surface area contributed by atoms with Gasteiger partial charge in [0.25, 0.3) is 0 Å². The summed E-state index contributed by atoms with van der Waals surface area (Å²) in [6.07, 6.45) is 13.7. The van der Waals surface area contributed by atoms with Gasteiger partial charge in [0.05, 0.1) is 0 Å². The van der Waals surface area contributed by atoms with Gasteiger partial charge in [-0.1, -0.05) is 44.6 Å². The Morgan fingerprint density at radius 1 is 1.12 bits per heavy atom. The van der Waals surface area contributed by atoms with Crippen LogP contribution in [-0.2, 0) is 0 Å². The van der Waals surface area contributed by atoms with Gasteiger partial charge in [-0.3, -0.25) is 0 Å². The maximum absolute atomic E-state index is 2.46. The van der Waals surface area contributed by atoms with E-state index >= 15 is 0 Å². The highest BCUT2D eigenvalue weighted by atomic mass is 14.2. The van der Waals surface area contributed by atoms with Crippen molar-refractivity contribution in [1.82, 2.24) is 0 Å². The van der Waals surface area contributed by atoms with E-state index in [4.69, 9.17) is 0 Å². The molecule has 1 unspecified atom stereocenters. The monoisotopic (exact) mass is 218 g/mol. The van der Waals surface area contributed by atoms with Crippen molar-refractivity contribution in [3.05, 3.63) is 34.9 Å². The van der Waals surface area contributed by atoms with Gasteiger partial charge in [-0.2, -0.15) is 0 Å². The Kier molecular flexibility index (Phi) is 5.59. The topological polar surface area (TPSA) is 0 Å². The van der Waals surface area contributed by atoms with Crippen LogP contribution in [0.4, 0.5) is 0 Å². The van der Waals surface area contributed by atoms with E-state index in [-0.39, 0.29) is 0 Å². The molecule has 1 saturated carbocycles. The Morgan fingerprint density at radius 2 is 1.81 bits per heavy atom. The van der Waals surface area contributed by atoms with Gasteiger partial charge in [-0.05, 0) is 56.1 Å². The maximum Gasteiger partial charge on any atom is -0.0188 e. The first-order chi connectivity index (χ1) is 7.77.